The first-order chi connectivity index (χ1) is 20.1. The van der Waals surface area contributed by atoms with Gasteiger partial charge < -0.3 is 15.2 Å². The molecule has 3 aromatic carbocycles. The maximum Gasteiger partial charge on any atom is 0.254 e. The largest absolute Gasteiger partial charge is 0.355 e. The molecule has 214 valence electrons. The van der Waals surface area contributed by atoms with Crippen LogP contribution in [0.2, 0.25) is 0 Å². The van der Waals surface area contributed by atoms with Gasteiger partial charge in [-0.05, 0) is 96.4 Å². The van der Waals surface area contributed by atoms with Crippen LogP contribution in [0.1, 0.15) is 38.8 Å². The molecule has 9 heteroatoms. The minimum Gasteiger partial charge on any atom is -0.355 e. The number of amides is 2. The van der Waals surface area contributed by atoms with Gasteiger partial charge >= 0.3 is 0 Å². The summed E-state index contributed by atoms with van der Waals surface area (Å²) in [6.07, 6.45) is 3.40. The molecule has 5 rings (SSSR count). The van der Waals surface area contributed by atoms with Crippen LogP contribution in [-0.4, -0.2) is 28.4 Å². The maximum absolute atomic E-state index is 14.4. The Morgan fingerprint density at radius 3 is 2.40 bits per heavy atom. The SMILES string of the molecule is CNC(=O)c1cc(-c2cccnc2[C@H](Cc2cc(F)cc(F)c2)NC(=O)Cn2ccc3cc(C)c(C)cc32)ccc1F. The normalized spacial score (nSPS) is 11.9. The third-order valence-corrected chi connectivity index (χ3v) is 7.32. The number of aromatic nitrogens is 2. The van der Waals surface area contributed by atoms with E-state index in [4.69, 9.17) is 0 Å². The molecule has 0 saturated carbocycles. The number of carbonyl (C=O) groups excluding carboxylic acids is 2. The van der Waals surface area contributed by atoms with Gasteiger partial charge in [0.15, 0.2) is 0 Å². The summed E-state index contributed by atoms with van der Waals surface area (Å²) in [5.74, 6) is -3.10. The van der Waals surface area contributed by atoms with Crippen LogP contribution in [0, 0.1) is 31.3 Å². The van der Waals surface area contributed by atoms with E-state index < -0.39 is 29.4 Å². The Labute approximate surface area is 241 Å². The molecule has 0 aliphatic heterocycles. The summed E-state index contributed by atoms with van der Waals surface area (Å²) in [6, 6.07) is 15.9. The third kappa shape index (κ3) is 6.05. The molecular formula is C33H29F3N4O2. The fourth-order valence-electron chi connectivity index (χ4n) is 5.11. The molecule has 0 aliphatic rings. The highest BCUT2D eigenvalue weighted by molar-refractivity contribution is 5.95. The lowest BCUT2D eigenvalue weighted by atomic mass is 9.94. The molecule has 0 aliphatic carbocycles. The predicted molar refractivity (Wildman–Crippen MR) is 155 cm³/mol. The first-order valence-electron chi connectivity index (χ1n) is 13.4. The van der Waals surface area contributed by atoms with Crippen molar-refractivity contribution < 1.29 is 22.8 Å². The fraction of sp³-hybridized carbons (Fsp3) is 0.182. The number of pyridine rings is 1. The van der Waals surface area contributed by atoms with Crippen molar-refractivity contribution in [3.8, 4) is 11.1 Å². The van der Waals surface area contributed by atoms with E-state index in [9.17, 15) is 22.8 Å². The Kier molecular flexibility index (Phi) is 8.10. The van der Waals surface area contributed by atoms with Gasteiger partial charge in [0.05, 0.1) is 17.3 Å². The summed E-state index contributed by atoms with van der Waals surface area (Å²) in [5, 5.41) is 6.43. The number of aryl methyl sites for hydroxylation is 2. The third-order valence-electron chi connectivity index (χ3n) is 7.32. The van der Waals surface area contributed by atoms with Crippen LogP contribution in [0.4, 0.5) is 13.2 Å². The van der Waals surface area contributed by atoms with Crippen molar-refractivity contribution in [2.45, 2.75) is 32.9 Å². The van der Waals surface area contributed by atoms with Crippen molar-refractivity contribution in [1.29, 1.82) is 0 Å². The van der Waals surface area contributed by atoms with E-state index in [1.165, 1.54) is 43.6 Å². The Balaban J connectivity index is 1.53. The van der Waals surface area contributed by atoms with Crippen LogP contribution < -0.4 is 10.6 Å². The number of fused-ring (bicyclic) bond motifs is 1. The minimum absolute atomic E-state index is 0.000449. The zero-order valence-corrected chi connectivity index (χ0v) is 23.3. The first-order valence-corrected chi connectivity index (χ1v) is 13.4. The van der Waals surface area contributed by atoms with Crippen LogP contribution in [0.5, 0.6) is 0 Å². The Morgan fingerprint density at radius 2 is 1.67 bits per heavy atom. The van der Waals surface area contributed by atoms with Crippen LogP contribution in [0.25, 0.3) is 22.0 Å². The van der Waals surface area contributed by atoms with Gasteiger partial charge in [-0.3, -0.25) is 14.6 Å². The van der Waals surface area contributed by atoms with E-state index in [0.29, 0.717) is 22.4 Å². The van der Waals surface area contributed by atoms with Gasteiger partial charge in [-0.25, -0.2) is 13.2 Å². The van der Waals surface area contributed by atoms with Crippen LogP contribution in [0.15, 0.2) is 79.1 Å². The molecule has 0 bridgehead atoms. The predicted octanol–water partition coefficient (Wildman–Crippen LogP) is 6.20. The van der Waals surface area contributed by atoms with E-state index >= 15 is 0 Å². The fourth-order valence-corrected chi connectivity index (χ4v) is 5.11. The maximum atomic E-state index is 14.4. The lowest BCUT2D eigenvalue weighted by Crippen LogP contribution is -2.33. The number of hydrogen-bond acceptors (Lipinski definition) is 3. The summed E-state index contributed by atoms with van der Waals surface area (Å²) in [4.78, 5) is 30.3. The summed E-state index contributed by atoms with van der Waals surface area (Å²) in [6.45, 7) is 4.04. The summed E-state index contributed by atoms with van der Waals surface area (Å²) >= 11 is 0. The summed E-state index contributed by atoms with van der Waals surface area (Å²) < 4.78 is 44.5. The van der Waals surface area contributed by atoms with Gasteiger partial charge in [-0.1, -0.05) is 12.1 Å². The molecule has 2 heterocycles. The number of halogens is 3. The molecule has 42 heavy (non-hydrogen) atoms. The number of nitrogens with one attached hydrogen (secondary N) is 2. The lowest BCUT2D eigenvalue weighted by molar-refractivity contribution is -0.122. The second-order valence-electron chi connectivity index (χ2n) is 10.3. The molecule has 1 atom stereocenters. The zero-order valence-electron chi connectivity index (χ0n) is 23.3. The van der Waals surface area contributed by atoms with E-state index in [1.54, 1.807) is 12.1 Å². The molecule has 0 radical (unpaired) electrons. The van der Waals surface area contributed by atoms with E-state index in [0.717, 1.165) is 28.1 Å². The van der Waals surface area contributed by atoms with Gasteiger partial charge in [-0.15, -0.1) is 0 Å². The Bertz CT molecular complexity index is 1790. The first kappa shape index (κ1) is 28.6. The number of rotatable bonds is 8. The molecule has 0 saturated heterocycles. The molecule has 2 amide bonds. The molecule has 6 nitrogen and oxygen atoms in total. The second kappa shape index (κ2) is 11.9. The molecular weight excluding hydrogens is 541 g/mol. The van der Waals surface area contributed by atoms with Crippen LogP contribution in [-0.2, 0) is 17.8 Å². The van der Waals surface area contributed by atoms with Crippen molar-refractivity contribution in [2.24, 2.45) is 0 Å². The Morgan fingerprint density at radius 1 is 0.929 bits per heavy atom. The van der Waals surface area contributed by atoms with Gasteiger partial charge in [0.25, 0.3) is 5.91 Å². The molecule has 5 aromatic rings. The van der Waals surface area contributed by atoms with Crippen molar-refractivity contribution in [3.63, 3.8) is 0 Å². The molecule has 0 fully saturated rings. The topological polar surface area (TPSA) is 76.0 Å². The molecule has 2 N–H and O–H groups in total. The van der Waals surface area contributed by atoms with E-state index in [-0.39, 0.29) is 24.4 Å². The van der Waals surface area contributed by atoms with Crippen molar-refractivity contribution >= 4 is 22.7 Å². The summed E-state index contributed by atoms with van der Waals surface area (Å²) in [7, 11) is 1.41. The van der Waals surface area contributed by atoms with Gasteiger partial charge in [0.1, 0.15) is 24.0 Å². The van der Waals surface area contributed by atoms with Gasteiger partial charge in [0.2, 0.25) is 5.91 Å². The quantitative estimate of drug-likeness (QED) is 0.233. The monoisotopic (exact) mass is 570 g/mol. The van der Waals surface area contributed by atoms with E-state index in [1.807, 2.05) is 36.7 Å². The summed E-state index contributed by atoms with van der Waals surface area (Å²) in [5.41, 5.74) is 4.74. The zero-order chi connectivity index (χ0) is 30.0. The van der Waals surface area contributed by atoms with E-state index in [2.05, 4.69) is 21.7 Å². The molecule has 2 aromatic heterocycles. The van der Waals surface area contributed by atoms with Crippen LogP contribution in [0.3, 0.4) is 0 Å². The lowest BCUT2D eigenvalue weighted by Gasteiger charge is -2.22. The smallest absolute Gasteiger partial charge is 0.254 e. The molecule has 0 unspecified atom stereocenters. The second-order valence-corrected chi connectivity index (χ2v) is 10.3. The van der Waals surface area contributed by atoms with Crippen LogP contribution >= 0.6 is 0 Å². The highest BCUT2D eigenvalue weighted by atomic mass is 19.1. The van der Waals surface area contributed by atoms with Crippen molar-refractivity contribution in [2.75, 3.05) is 7.05 Å². The van der Waals surface area contributed by atoms with Gasteiger partial charge in [-0.2, -0.15) is 0 Å². The number of carbonyl (C=O) groups is 2. The number of nitrogens with zero attached hydrogens (tertiary/aromatic N) is 2. The Hall–Kier alpha value is -4.92. The molecule has 0 spiro atoms. The number of hydrogen-bond donors (Lipinski definition) is 2. The van der Waals surface area contributed by atoms with Crippen molar-refractivity contribution in [1.82, 2.24) is 20.2 Å². The van der Waals surface area contributed by atoms with Gasteiger partial charge in [0, 0.05) is 36.6 Å². The standard InChI is InChI=1S/C33H29F3N4O2/c1-19-11-23-8-10-40(30(23)12-20(19)2)18-31(41)39-29(15-21-13-24(34)17-25(35)14-21)32-26(5-4-9-38-32)22-6-7-28(36)27(16-22)33(42)37-3/h4-14,16-17,29H,15,18H2,1-3H3,(H,37,42)(H,39,41)/t29-/m0/s1. The van der Waals surface area contributed by atoms with Crippen molar-refractivity contribution in [3.05, 3.63) is 125 Å². The average Bonchev–Trinajstić information content (AvgIpc) is 3.32. The minimum atomic E-state index is -0.811. The highest BCUT2D eigenvalue weighted by Crippen LogP contribution is 2.30. The average molecular weight is 571 g/mol. The number of benzene rings is 3. The highest BCUT2D eigenvalue weighted by Gasteiger charge is 2.23.